The minimum Gasteiger partial charge on any atom is -0.516 e. The van der Waals surface area contributed by atoms with Crippen molar-refractivity contribution in [2.24, 2.45) is 5.73 Å². The lowest BCUT2D eigenvalue weighted by Crippen LogP contribution is -2.20. The Morgan fingerprint density at radius 2 is 2.70 bits per heavy atom. The Morgan fingerprint density at radius 1 is 1.90 bits per heavy atom. The van der Waals surface area contributed by atoms with Crippen molar-refractivity contribution in [3.8, 4) is 0 Å². The van der Waals surface area contributed by atoms with Gasteiger partial charge < -0.3 is 15.7 Å². The highest BCUT2D eigenvalue weighted by molar-refractivity contribution is 4.98. The Morgan fingerprint density at radius 3 is 3.20 bits per heavy atom. The highest BCUT2D eigenvalue weighted by Crippen LogP contribution is 2.04. The Labute approximate surface area is 59.1 Å². The number of hydrogen-bond acceptors (Lipinski definition) is 4. The van der Waals surface area contributed by atoms with Gasteiger partial charge in [0, 0.05) is 0 Å². The van der Waals surface area contributed by atoms with Crippen molar-refractivity contribution in [1.82, 2.24) is 5.06 Å². The smallest absolute Gasteiger partial charge is 0.131 e. The van der Waals surface area contributed by atoms with Crippen LogP contribution in [0.4, 0.5) is 0 Å². The van der Waals surface area contributed by atoms with Crippen LogP contribution in [0.1, 0.15) is 0 Å². The third-order valence-electron chi connectivity index (χ3n) is 1.13. The van der Waals surface area contributed by atoms with Crippen LogP contribution >= 0.6 is 0 Å². The fourth-order valence-electron chi connectivity index (χ4n) is 0.693. The summed E-state index contributed by atoms with van der Waals surface area (Å²) < 4.78 is 0. The number of hydroxylamine groups is 2. The topological polar surface area (TPSA) is 58.7 Å². The molecule has 0 spiro atoms. The van der Waals surface area contributed by atoms with Gasteiger partial charge >= 0.3 is 0 Å². The Hall–Kier alpha value is -1.16. The zero-order valence-corrected chi connectivity index (χ0v) is 5.53. The predicted octanol–water partition coefficient (Wildman–Crippen LogP) is 0.105. The largest absolute Gasteiger partial charge is 0.516 e. The molecule has 0 saturated heterocycles. The molecule has 56 valence electrons. The molecule has 0 fully saturated rings. The highest BCUT2D eigenvalue weighted by Gasteiger charge is 2.10. The maximum absolute atomic E-state index is 8.28. The molecule has 0 aliphatic carbocycles. The van der Waals surface area contributed by atoms with Crippen LogP contribution in [0.3, 0.4) is 0 Å². The molecular formula is C6H10N2O2. The zero-order valence-electron chi connectivity index (χ0n) is 5.53. The Balaban J connectivity index is 2.23. The number of rotatable bonds is 2. The molecule has 0 saturated carbocycles. The predicted molar refractivity (Wildman–Crippen MR) is 36.7 cm³/mol. The van der Waals surface area contributed by atoms with E-state index in [1.807, 2.05) is 0 Å². The van der Waals surface area contributed by atoms with Gasteiger partial charge in [-0.05, 0) is 6.08 Å². The van der Waals surface area contributed by atoms with Crippen LogP contribution in [0.2, 0.25) is 0 Å². The summed E-state index contributed by atoms with van der Waals surface area (Å²) in [4.78, 5) is 4.95. The first-order valence-electron chi connectivity index (χ1n) is 2.98. The van der Waals surface area contributed by atoms with Gasteiger partial charge in [0.1, 0.15) is 6.26 Å². The Bertz CT molecular complexity index is 165. The summed E-state index contributed by atoms with van der Waals surface area (Å²) in [6.07, 6.45) is 4.05. The van der Waals surface area contributed by atoms with Crippen molar-refractivity contribution in [1.29, 1.82) is 0 Å². The number of aliphatic hydroxyl groups excluding tert-OH is 1. The van der Waals surface area contributed by atoms with Gasteiger partial charge in [0.15, 0.2) is 0 Å². The number of nitrogens with zero attached hydrogens (tertiary/aromatic N) is 1. The van der Waals surface area contributed by atoms with Gasteiger partial charge in [-0.25, -0.2) is 0 Å². The SMILES string of the molecule is NC1=CON(CC=CO)C1. The lowest BCUT2D eigenvalue weighted by molar-refractivity contribution is -0.0651. The second-order valence-corrected chi connectivity index (χ2v) is 2.01. The van der Waals surface area contributed by atoms with Crippen LogP contribution < -0.4 is 5.73 Å². The van der Waals surface area contributed by atoms with E-state index in [2.05, 4.69) is 0 Å². The summed E-state index contributed by atoms with van der Waals surface area (Å²) in [5.74, 6) is 0. The van der Waals surface area contributed by atoms with Crippen molar-refractivity contribution in [3.63, 3.8) is 0 Å². The number of hydrogen-bond donors (Lipinski definition) is 2. The number of nitrogens with two attached hydrogens (primary N) is 1. The van der Waals surface area contributed by atoms with E-state index in [1.54, 1.807) is 11.1 Å². The highest BCUT2D eigenvalue weighted by atomic mass is 16.7. The standard InChI is InChI=1S/C6H10N2O2/c7-6-4-8(10-5-6)2-1-3-9/h1,3,5,9H,2,4,7H2. The van der Waals surface area contributed by atoms with Gasteiger partial charge in [-0.2, -0.15) is 0 Å². The van der Waals surface area contributed by atoms with E-state index in [1.165, 1.54) is 6.26 Å². The molecule has 0 bridgehead atoms. The van der Waals surface area contributed by atoms with E-state index >= 15 is 0 Å². The summed E-state index contributed by atoms with van der Waals surface area (Å²) in [7, 11) is 0. The molecule has 0 atom stereocenters. The second-order valence-electron chi connectivity index (χ2n) is 2.01. The first-order chi connectivity index (χ1) is 4.83. The normalized spacial score (nSPS) is 19.4. The average molecular weight is 142 g/mol. The molecule has 1 aliphatic heterocycles. The fourth-order valence-corrected chi connectivity index (χ4v) is 0.693. The maximum atomic E-state index is 8.28. The van der Waals surface area contributed by atoms with Crippen LogP contribution in [-0.4, -0.2) is 23.3 Å². The minimum absolute atomic E-state index is 0.549. The van der Waals surface area contributed by atoms with Crippen LogP contribution in [0.25, 0.3) is 0 Å². The lowest BCUT2D eigenvalue weighted by atomic mass is 10.5. The zero-order chi connectivity index (χ0) is 7.40. The molecule has 0 aromatic rings. The van der Waals surface area contributed by atoms with Gasteiger partial charge in [0.25, 0.3) is 0 Å². The lowest BCUT2D eigenvalue weighted by Gasteiger charge is -2.09. The van der Waals surface area contributed by atoms with E-state index < -0.39 is 0 Å². The molecular weight excluding hydrogens is 132 g/mol. The van der Waals surface area contributed by atoms with Gasteiger partial charge in [-0.1, -0.05) is 0 Å². The molecule has 0 radical (unpaired) electrons. The van der Waals surface area contributed by atoms with Crippen LogP contribution in [0.15, 0.2) is 24.3 Å². The molecule has 0 aromatic heterocycles. The van der Waals surface area contributed by atoms with Crippen LogP contribution in [0.5, 0.6) is 0 Å². The first-order valence-corrected chi connectivity index (χ1v) is 2.98. The average Bonchev–Trinajstić information content (AvgIpc) is 2.31. The molecule has 0 aromatic carbocycles. The quantitative estimate of drug-likeness (QED) is 0.537. The Kier molecular flexibility index (Phi) is 2.17. The molecule has 0 unspecified atom stereocenters. The van der Waals surface area contributed by atoms with Gasteiger partial charge in [0.05, 0.1) is 25.0 Å². The third-order valence-corrected chi connectivity index (χ3v) is 1.13. The van der Waals surface area contributed by atoms with Gasteiger partial charge in [-0.15, -0.1) is 5.06 Å². The molecule has 1 heterocycles. The molecule has 4 nitrogen and oxygen atoms in total. The summed E-state index contributed by atoms with van der Waals surface area (Å²) >= 11 is 0. The van der Waals surface area contributed by atoms with Gasteiger partial charge in [-0.3, -0.25) is 0 Å². The van der Waals surface area contributed by atoms with E-state index in [0.29, 0.717) is 18.8 Å². The molecule has 4 heteroatoms. The van der Waals surface area contributed by atoms with Crippen LogP contribution in [-0.2, 0) is 4.84 Å². The van der Waals surface area contributed by atoms with Crippen molar-refractivity contribution in [2.75, 3.05) is 13.1 Å². The van der Waals surface area contributed by atoms with E-state index in [9.17, 15) is 0 Å². The summed E-state index contributed by atoms with van der Waals surface area (Å²) in [5, 5.41) is 9.91. The minimum atomic E-state index is 0.549. The van der Waals surface area contributed by atoms with Crippen molar-refractivity contribution in [3.05, 3.63) is 24.3 Å². The van der Waals surface area contributed by atoms with Gasteiger partial charge in [0.2, 0.25) is 0 Å². The molecule has 10 heavy (non-hydrogen) atoms. The van der Waals surface area contributed by atoms with Crippen molar-refractivity contribution in [2.45, 2.75) is 0 Å². The fraction of sp³-hybridized carbons (Fsp3) is 0.333. The van der Waals surface area contributed by atoms with E-state index in [-0.39, 0.29) is 0 Å². The number of aliphatic hydroxyl groups is 1. The maximum Gasteiger partial charge on any atom is 0.131 e. The summed E-state index contributed by atoms with van der Waals surface area (Å²) in [5.41, 5.74) is 6.11. The van der Waals surface area contributed by atoms with Crippen LogP contribution in [0, 0.1) is 0 Å². The first kappa shape index (κ1) is 6.95. The van der Waals surface area contributed by atoms with E-state index in [4.69, 9.17) is 15.7 Å². The molecule has 1 rings (SSSR count). The van der Waals surface area contributed by atoms with E-state index in [0.717, 1.165) is 6.26 Å². The molecule has 0 amide bonds. The molecule has 3 N–H and O–H groups in total. The summed E-state index contributed by atoms with van der Waals surface area (Å²) in [6.45, 7) is 1.15. The monoisotopic (exact) mass is 142 g/mol. The van der Waals surface area contributed by atoms with Crippen molar-refractivity contribution >= 4 is 0 Å². The molecule has 1 aliphatic rings. The summed E-state index contributed by atoms with van der Waals surface area (Å²) in [6, 6.07) is 0. The third kappa shape index (κ3) is 1.66. The van der Waals surface area contributed by atoms with Crippen molar-refractivity contribution < 1.29 is 9.94 Å². The second kappa shape index (κ2) is 3.12.